The summed E-state index contributed by atoms with van der Waals surface area (Å²) >= 11 is 0. The maximum absolute atomic E-state index is 12.1. The number of nitrogens with one attached hydrogen (secondary N) is 1. The molecular weight excluding hydrogens is 238 g/mol. The predicted octanol–water partition coefficient (Wildman–Crippen LogP) is 2.65. The van der Waals surface area contributed by atoms with Crippen LogP contribution in [0, 0.1) is 13.8 Å². The van der Waals surface area contributed by atoms with Crippen molar-refractivity contribution in [2.75, 3.05) is 6.54 Å². The molecule has 0 unspecified atom stereocenters. The smallest absolute Gasteiger partial charge is 0.255 e. The number of allylic oxidation sites excluding steroid dienone is 1. The van der Waals surface area contributed by atoms with Crippen LogP contribution in [0.5, 0.6) is 0 Å². The molecule has 0 fully saturated rings. The van der Waals surface area contributed by atoms with Crippen molar-refractivity contribution in [3.05, 3.63) is 47.4 Å². The average molecular weight is 257 g/mol. The van der Waals surface area contributed by atoms with Gasteiger partial charge in [0.25, 0.3) is 5.91 Å². The summed E-state index contributed by atoms with van der Waals surface area (Å²) < 4.78 is 1.93. The van der Waals surface area contributed by atoms with Crippen molar-refractivity contribution >= 4 is 11.6 Å². The third kappa shape index (κ3) is 2.84. The molecule has 0 radical (unpaired) electrons. The van der Waals surface area contributed by atoms with Gasteiger partial charge in [-0.3, -0.25) is 4.79 Å². The summed E-state index contributed by atoms with van der Waals surface area (Å²) in [5.41, 5.74) is 3.34. The second kappa shape index (κ2) is 5.69. The van der Waals surface area contributed by atoms with E-state index in [1.165, 1.54) is 0 Å². The molecule has 0 aliphatic heterocycles. The minimum absolute atomic E-state index is 0.0826. The molecule has 2 aromatic heterocycles. The van der Waals surface area contributed by atoms with Crippen molar-refractivity contribution in [3.8, 4) is 0 Å². The predicted molar refractivity (Wildman–Crippen MR) is 76.4 cm³/mol. The minimum Gasteiger partial charge on any atom is -0.348 e. The first kappa shape index (κ1) is 13.3. The monoisotopic (exact) mass is 257 g/mol. The molecule has 1 amide bonds. The molecule has 1 N–H and O–H groups in total. The number of aryl methyl sites for hydroxylation is 2. The highest BCUT2D eigenvalue weighted by molar-refractivity contribution is 6.00. The van der Waals surface area contributed by atoms with Crippen LogP contribution in [0.2, 0.25) is 0 Å². The Labute approximate surface area is 113 Å². The van der Waals surface area contributed by atoms with Crippen molar-refractivity contribution < 1.29 is 4.79 Å². The number of hydrogen-bond acceptors (Lipinski definition) is 2. The largest absolute Gasteiger partial charge is 0.348 e. The molecule has 100 valence electrons. The Hall–Kier alpha value is -2.10. The van der Waals surface area contributed by atoms with E-state index < -0.39 is 0 Å². The Morgan fingerprint density at radius 1 is 1.42 bits per heavy atom. The molecule has 4 nitrogen and oxygen atoms in total. The Morgan fingerprint density at radius 2 is 2.21 bits per heavy atom. The Bertz CT molecular complexity index is 626. The van der Waals surface area contributed by atoms with Crippen molar-refractivity contribution in [1.82, 2.24) is 14.7 Å². The number of rotatable bonds is 4. The van der Waals surface area contributed by atoms with Gasteiger partial charge in [0, 0.05) is 24.1 Å². The maximum atomic E-state index is 12.1. The number of aromatic nitrogens is 2. The second-order valence-corrected chi connectivity index (χ2v) is 4.55. The van der Waals surface area contributed by atoms with E-state index >= 15 is 0 Å². The number of amides is 1. The van der Waals surface area contributed by atoms with Crippen LogP contribution in [-0.4, -0.2) is 21.8 Å². The summed E-state index contributed by atoms with van der Waals surface area (Å²) in [6, 6.07) is 3.81. The summed E-state index contributed by atoms with van der Waals surface area (Å²) in [5.74, 6) is -0.0826. The lowest BCUT2D eigenvalue weighted by Crippen LogP contribution is -2.23. The van der Waals surface area contributed by atoms with Crippen LogP contribution in [0.4, 0.5) is 0 Å². The molecular formula is C15H19N3O. The molecule has 0 bridgehead atoms. The van der Waals surface area contributed by atoms with Crippen molar-refractivity contribution in [1.29, 1.82) is 0 Å². The fourth-order valence-electron chi connectivity index (χ4n) is 2.07. The van der Waals surface area contributed by atoms with Gasteiger partial charge < -0.3 is 9.72 Å². The highest BCUT2D eigenvalue weighted by Gasteiger charge is 2.13. The standard InChI is InChI=1S/C15H19N3O/c1-4-5-6-8-16-15(19)13-7-9-18-12(3)10-11(2)17-14(13)18/h5-7,9-10H,4,8H2,1-3H3,(H,16,19)/b6-5-. The number of carbonyl (C=O) groups is 1. The van der Waals surface area contributed by atoms with Crippen LogP contribution in [0.3, 0.4) is 0 Å². The lowest BCUT2D eigenvalue weighted by Gasteiger charge is -2.04. The van der Waals surface area contributed by atoms with Gasteiger partial charge in [0.2, 0.25) is 0 Å². The normalized spacial score (nSPS) is 11.3. The van der Waals surface area contributed by atoms with Crippen LogP contribution < -0.4 is 5.32 Å². The number of fused-ring (bicyclic) bond motifs is 1. The Morgan fingerprint density at radius 3 is 2.95 bits per heavy atom. The molecule has 2 aromatic rings. The van der Waals surface area contributed by atoms with E-state index in [-0.39, 0.29) is 5.91 Å². The molecule has 0 aliphatic carbocycles. The zero-order valence-electron chi connectivity index (χ0n) is 11.6. The fraction of sp³-hybridized carbons (Fsp3) is 0.333. The van der Waals surface area contributed by atoms with E-state index in [0.29, 0.717) is 12.1 Å². The molecule has 2 rings (SSSR count). The van der Waals surface area contributed by atoms with E-state index in [4.69, 9.17) is 0 Å². The van der Waals surface area contributed by atoms with Crippen molar-refractivity contribution in [2.24, 2.45) is 0 Å². The number of hydrogen-bond donors (Lipinski definition) is 1. The van der Waals surface area contributed by atoms with Gasteiger partial charge in [-0.1, -0.05) is 19.1 Å². The molecule has 0 spiro atoms. The molecule has 0 aromatic carbocycles. The summed E-state index contributed by atoms with van der Waals surface area (Å²) in [7, 11) is 0. The summed E-state index contributed by atoms with van der Waals surface area (Å²) in [6.45, 7) is 6.56. The van der Waals surface area contributed by atoms with E-state index in [0.717, 1.165) is 23.5 Å². The molecule has 0 atom stereocenters. The van der Waals surface area contributed by atoms with Gasteiger partial charge in [0.15, 0.2) is 0 Å². The summed E-state index contributed by atoms with van der Waals surface area (Å²) in [4.78, 5) is 16.6. The number of carbonyl (C=O) groups excluding carboxylic acids is 1. The zero-order valence-corrected chi connectivity index (χ0v) is 11.6. The van der Waals surface area contributed by atoms with Gasteiger partial charge >= 0.3 is 0 Å². The van der Waals surface area contributed by atoms with Gasteiger partial charge in [-0.05, 0) is 32.4 Å². The highest BCUT2D eigenvalue weighted by Crippen LogP contribution is 2.13. The summed E-state index contributed by atoms with van der Waals surface area (Å²) in [5, 5.41) is 2.87. The van der Waals surface area contributed by atoms with Crippen LogP contribution in [-0.2, 0) is 0 Å². The van der Waals surface area contributed by atoms with E-state index in [1.54, 1.807) is 0 Å². The van der Waals surface area contributed by atoms with Crippen molar-refractivity contribution in [2.45, 2.75) is 27.2 Å². The van der Waals surface area contributed by atoms with Crippen LogP contribution >= 0.6 is 0 Å². The van der Waals surface area contributed by atoms with Crippen LogP contribution in [0.1, 0.15) is 35.1 Å². The lowest BCUT2D eigenvalue weighted by molar-refractivity contribution is 0.0959. The minimum atomic E-state index is -0.0826. The van der Waals surface area contributed by atoms with Gasteiger partial charge in [-0.15, -0.1) is 0 Å². The second-order valence-electron chi connectivity index (χ2n) is 4.55. The first-order chi connectivity index (χ1) is 9.13. The Kier molecular flexibility index (Phi) is 4.00. The topological polar surface area (TPSA) is 46.4 Å². The quantitative estimate of drug-likeness (QED) is 0.856. The van der Waals surface area contributed by atoms with Gasteiger partial charge in [0.05, 0.1) is 5.56 Å². The summed E-state index contributed by atoms with van der Waals surface area (Å²) in [6.07, 6.45) is 6.85. The molecule has 0 saturated heterocycles. The molecule has 4 heteroatoms. The average Bonchev–Trinajstić information content (AvgIpc) is 2.78. The fourth-order valence-corrected chi connectivity index (χ4v) is 2.07. The van der Waals surface area contributed by atoms with Gasteiger partial charge in [0.1, 0.15) is 5.65 Å². The van der Waals surface area contributed by atoms with E-state index in [2.05, 4.69) is 17.2 Å². The zero-order chi connectivity index (χ0) is 13.8. The SMILES string of the molecule is CC/C=C\CNC(=O)c1ccn2c(C)cc(C)nc12. The van der Waals surface area contributed by atoms with Crippen LogP contribution in [0.15, 0.2) is 30.5 Å². The van der Waals surface area contributed by atoms with Gasteiger partial charge in [-0.2, -0.15) is 0 Å². The highest BCUT2D eigenvalue weighted by atomic mass is 16.1. The Balaban J connectivity index is 2.25. The first-order valence-electron chi connectivity index (χ1n) is 6.52. The van der Waals surface area contributed by atoms with E-state index in [1.807, 2.05) is 48.7 Å². The van der Waals surface area contributed by atoms with Gasteiger partial charge in [-0.25, -0.2) is 4.98 Å². The molecule has 0 aliphatic rings. The van der Waals surface area contributed by atoms with E-state index in [9.17, 15) is 4.79 Å². The molecule has 19 heavy (non-hydrogen) atoms. The maximum Gasteiger partial charge on any atom is 0.255 e. The first-order valence-corrected chi connectivity index (χ1v) is 6.52. The lowest BCUT2D eigenvalue weighted by atomic mass is 10.3. The molecule has 2 heterocycles. The number of nitrogens with zero attached hydrogens (tertiary/aromatic N) is 2. The molecule has 0 saturated carbocycles. The third-order valence-electron chi connectivity index (χ3n) is 2.97. The van der Waals surface area contributed by atoms with Crippen molar-refractivity contribution in [3.63, 3.8) is 0 Å². The van der Waals surface area contributed by atoms with Crippen LogP contribution in [0.25, 0.3) is 5.65 Å². The third-order valence-corrected chi connectivity index (χ3v) is 2.97.